The third-order valence-electron chi connectivity index (χ3n) is 4.53. The molecule has 21 heavy (non-hydrogen) atoms. The second-order valence-corrected chi connectivity index (χ2v) is 7.95. The van der Waals surface area contributed by atoms with Gasteiger partial charge in [0.25, 0.3) is 0 Å². The normalized spacial score (nSPS) is 17.0. The zero-order chi connectivity index (χ0) is 15.3. The van der Waals surface area contributed by atoms with Gasteiger partial charge in [-0.1, -0.05) is 19.4 Å². The maximum absolute atomic E-state index is 12.2. The quantitative estimate of drug-likeness (QED) is 0.786. The Morgan fingerprint density at radius 2 is 2.14 bits per heavy atom. The van der Waals surface area contributed by atoms with Crippen LogP contribution in [0.5, 0.6) is 0 Å². The van der Waals surface area contributed by atoms with Gasteiger partial charge < -0.3 is 5.32 Å². The van der Waals surface area contributed by atoms with Crippen LogP contribution in [0.25, 0.3) is 0 Å². The van der Waals surface area contributed by atoms with Gasteiger partial charge in [-0.3, -0.25) is 0 Å². The van der Waals surface area contributed by atoms with Crippen molar-refractivity contribution in [3.63, 3.8) is 0 Å². The van der Waals surface area contributed by atoms with Gasteiger partial charge in [0.2, 0.25) is 0 Å². The van der Waals surface area contributed by atoms with Crippen LogP contribution < -0.4 is 5.32 Å². The van der Waals surface area contributed by atoms with E-state index in [0.717, 1.165) is 13.0 Å². The third kappa shape index (κ3) is 3.84. The van der Waals surface area contributed by atoms with Crippen LogP contribution >= 0.6 is 0 Å². The molecule has 114 valence electrons. The molecule has 0 spiro atoms. The van der Waals surface area contributed by atoms with E-state index in [1.807, 2.05) is 6.07 Å². The van der Waals surface area contributed by atoms with Gasteiger partial charge in [-0.15, -0.1) is 0 Å². The number of sulfone groups is 1. The van der Waals surface area contributed by atoms with E-state index in [9.17, 15) is 8.42 Å². The standard InChI is InChI=1S/C16H22N2O2S/c1-2-16(7-4-8-16)13-18-9-10-21(19,20)15-6-3-5-14(11-15)12-17/h3,5-6,11,18H,2,4,7-10,13H2,1H3. The molecule has 0 amide bonds. The molecule has 4 nitrogen and oxygen atoms in total. The van der Waals surface area contributed by atoms with Gasteiger partial charge in [0, 0.05) is 13.1 Å². The van der Waals surface area contributed by atoms with Crippen molar-refractivity contribution in [2.75, 3.05) is 18.8 Å². The summed E-state index contributed by atoms with van der Waals surface area (Å²) in [5.74, 6) is 0.0711. The minimum Gasteiger partial charge on any atom is -0.315 e. The van der Waals surface area contributed by atoms with Crippen molar-refractivity contribution in [3.05, 3.63) is 29.8 Å². The van der Waals surface area contributed by atoms with Crippen molar-refractivity contribution >= 4 is 9.84 Å². The van der Waals surface area contributed by atoms with E-state index in [0.29, 0.717) is 17.5 Å². The van der Waals surface area contributed by atoms with Crippen molar-refractivity contribution in [2.45, 2.75) is 37.5 Å². The first-order valence-electron chi connectivity index (χ1n) is 7.45. The number of rotatable bonds is 7. The van der Waals surface area contributed by atoms with Gasteiger partial charge in [-0.25, -0.2) is 8.42 Å². The van der Waals surface area contributed by atoms with Gasteiger partial charge in [0.1, 0.15) is 0 Å². The summed E-state index contributed by atoms with van der Waals surface area (Å²) >= 11 is 0. The topological polar surface area (TPSA) is 70.0 Å². The Labute approximate surface area is 127 Å². The first kappa shape index (κ1) is 16.0. The lowest BCUT2D eigenvalue weighted by atomic mass is 9.67. The molecule has 1 aliphatic rings. The summed E-state index contributed by atoms with van der Waals surface area (Å²) in [6.45, 7) is 3.56. The van der Waals surface area contributed by atoms with E-state index < -0.39 is 9.84 Å². The largest absolute Gasteiger partial charge is 0.315 e. The lowest BCUT2D eigenvalue weighted by molar-refractivity contribution is 0.125. The minimum atomic E-state index is -3.32. The van der Waals surface area contributed by atoms with Crippen molar-refractivity contribution < 1.29 is 8.42 Å². The molecule has 1 N–H and O–H groups in total. The van der Waals surface area contributed by atoms with Crippen LogP contribution in [-0.4, -0.2) is 27.3 Å². The Hall–Kier alpha value is -1.38. The first-order chi connectivity index (χ1) is 10.0. The molecule has 0 saturated heterocycles. The number of hydrogen-bond donors (Lipinski definition) is 1. The van der Waals surface area contributed by atoms with Crippen molar-refractivity contribution in [3.8, 4) is 6.07 Å². The molecule has 1 aromatic rings. The second kappa shape index (κ2) is 6.59. The van der Waals surface area contributed by atoms with Crippen LogP contribution in [0.1, 0.15) is 38.2 Å². The summed E-state index contributed by atoms with van der Waals surface area (Å²) in [7, 11) is -3.32. The zero-order valence-electron chi connectivity index (χ0n) is 12.4. The van der Waals surface area contributed by atoms with E-state index in [-0.39, 0.29) is 10.6 Å². The molecule has 1 fully saturated rings. The predicted octanol–water partition coefficient (Wildman–Crippen LogP) is 2.50. The van der Waals surface area contributed by atoms with Gasteiger partial charge in [-0.05, 0) is 42.9 Å². The molecule has 0 aromatic heterocycles. The zero-order valence-corrected chi connectivity index (χ0v) is 13.2. The number of nitrogens with one attached hydrogen (secondary N) is 1. The molecule has 2 rings (SSSR count). The summed E-state index contributed by atoms with van der Waals surface area (Å²) in [5.41, 5.74) is 0.772. The maximum Gasteiger partial charge on any atom is 0.179 e. The Bertz CT molecular complexity index is 622. The fourth-order valence-corrected chi connectivity index (χ4v) is 4.01. The minimum absolute atomic E-state index is 0.0711. The van der Waals surface area contributed by atoms with E-state index in [1.165, 1.54) is 25.3 Å². The highest BCUT2D eigenvalue weighted by Gasteiger charge is 2.34. The smallest absolute Gasteiger partial charge is 0.179 e. The van der Waals surface area contributed by atoms with Gasteiger partial charge in [-0.2, -0.15) is 5.26 Å². The summed E-state index contributed by atoms with van der Waals surface area (Å²) < 4.78 is 24.5. The first-order valence-corrected chi connectivity index (χ1v) is 9.10. The van der Waals surface area contributed by atoms with Crippen LogP contribution in [0, 0.1) is 16.7 Å². The SMILES string of the molecule is CCC1(CNCCS(=O)(=O)c2cccc(C#N)c2)CCC1. The lowest BCUT2D eigenvalue weighted by Gasteiger charge is -2.41. The third-order valence-corrected chi connectivity index (χ3v) is 6.25. The number of nitrogens with zero attached hydrogens (tertiary/aromatic N) is 1. The molecule has 0 radical (unpaired) electrons. The Balaban J connectivity index is 1.88. The number of nitriles is 1. The van der Waals surface area contributed by atoms with Crippen molar-refractivity contribution in [1.29, 1.82) is 5.26 Å². The van der Waals surface area contributed by atoms with Gasteiger partial charge in [0.15, 0.2) is 9.84 Å². The summed E-state index contributed by atoms with van der Waals surface area (Å²) in [4.78, 5) is 0.234. The van der Waals surface area contributed by atoms with Crippen LogP contribution in [0.15, 0.2) is 29.2 Å². The highest BCUT2D eigenvalue weighted by atomic mass is 32.2. The lowest BCUT2D eigenvalue weighted by Crippen LogP contribution is -2.40. The molecular formula is C16H22N2O2S. The highest BCUT2D eigenvalue weighted by Crippen LogP contribution is 2.42. The van der Waals surface area contributed by atoms with Crippen LogP contribution in [-0.2, 0) is 9.84 Å². The molecule has 0 heterocycles. The summed E-state index contributed by atoms with van der Waals surface area (Å²) in [5, 5.41) is 12.1. The molecule has 0 aliphatic heterocycles. The number of hydrogen-bond acceptors (Lipinski definition) is 4. The van der Waals surface area contributed by atoms with E-state index >= 15 is 0 Å². The molecule has 0 bridgehead atoms. The molecule has 1 saturated carbocycles. The summed E-state index contributed by atoms with van der Waals surface area (Å²) in [6, 6.07) is 8.18. The molecule has 0 unspecified atom stereocenters. The second-order valence-electron chi connectivity index (χ2n) is 5.84. The summed E-state index contributed by atoms with van der Waals surface area (Å²) in [6.07, 6.45) is 4.92. The Morgan fingerprint density at radius 1 is 1.38 bits per heavy atom. The van der Waals surface area contributed by atoms with Crippen molar-refractivity contribution in [2.24, 2.45) is 5.41 Å². The Morgan fingerprint density at radius 3 is 2.71 bits per heavy atom. The monoisotopic (exact) mass is 306 g/mol. The molecule has 5 heteroatoms. The average molecular weight is 306 g/mol. The molecule has 1 aliphatic carbocycles. The van der Waals surface area contributed by atoms with E-state index in [4.69, 9.17) is 5.26 Å². The van der Waals surface area contributed by atoms with E-state index in [1.54, 1.807) is 18.2 Å². The molecular weight excluding hydrogens is 284 g/mol. The van der Waals surface area contributed by atoms with E-state index in [2.05, 4.69) is 12.2 Å². The van der Waals surface area contributed by atoms with Crippen LogP contribution in [0.2, 0.25) is 0 Å². The fraction of sp³-hybridized carbons (Fsp3) is 0.562. The Kier molecular flexibility index (Phi) is 5.02. The molecule has 0 atom stereocenters. The van der Waals surface area contributed by atoms with Crippen LogP contribution in [0.3, 0.4) is 0 Å². The predicted molar refractivity (Wildman–Crippen MR) is 82.7 cm³/mol. The van der Waals surface area contributed by atoms with Gasteiger partial charge in [0.05, 0.1) is 22.3 Å². The number of benzene rings is 1. The molecule has 1 aromatic carbocycles. The highest BCUT2D eigenvalue weighted by molar-refractivity contribution is 7.91. The van der Waals surface area contributed by atoms with Gasteiger partial charge >= 0.3 is 0 Å². The van der Waals surface area contributed by atoms with Crippen LogP contribution in [0.4, 0.5) is 0 Å². The fourth-order valence-electron chi connectivity index (χ4n) is 2.77. The maximum atomic E-state index is 12.2. The van der Waals surface area contributed by atoms with Crippen molar-refractivity contribution in [1.82, 2.24) is 5.32 Å². The average Bonchev–Trinajstić information content (AvgIpc) is 2.46.